The molecule has 1 unspecified atom stereocenters. The zero-order chi connectivity index (χ0) is 14.1. The van der Waals surface area contributed by atoms with Crippen LogP contribution in [0.3, 0.4) is 0 Å². The molecule has 0 spiro atoms. The van der Waals surface area contributed by atoms with Gasteiger partial charge in [0, 0.05) is 25.7 Å². The van der Waals surface area contributed by atoms with Crippen LogP contribution in [0.1, 0.15) is 30.6 Å². The van der Waals surface area contributed by atoms with Crippen molar-refractivity contribution in [3.05, 3.63) is 29.3 Å². The lowest BCUT2D eigenvalue weighted by atomic mass is 10.1. The van der Waals surface area contributed by atoms with Crippen molar-refractivity contribution in [1.82, 2.24) is 0 Å². The average Bonchev–Trinajstić information content (AvgIpc) is 2.39. The van der Waals surface area contributed by atoms with Crippen molar-refractivity contribution in [2.75, 3.05) is 33.5 Å². The largest absolute Gasteiger partial charge is 0.493 e. The quantitative estimate of drug-likeness (QED) is 0.699. The van der Waals surface area contributed by atoms with Gasteiger partial charge in [-0.05, 0) is 26.0 Å². The molecule has 4 heteroatoms. The van der Waals surface area contributed by atoms with Crippen LogP contribution in [0.2, 0.25) is 0 Å². The fraction of sp³-hybridized carbons (Fsp3) is 0.600. The van der Waals surface area contributed by atoms with Gasteiger partial charge >= 0.3 is 0 Å². The molecule has 0 aliphatic carbocycles. The number of rotatable bonds is 9. The van der Waals surface area contributed by atoms with E-state index in [2.05, 4.69) is 0 Å². The van der Waals surface area contributed by atoms with Crippen LogP contribution in [0.5, 0.6) is 5.75 Å². The molecule has 1 aromatic carbocycles. The lowest BCUT2D eigenvalue weighted by Gasteiger charge is -2.14. The highest BCUT2D eigenvalue weighted by atomic mass is 16.5. The van der Waals surface area contributed by atoms with Gasteiger partial charge in [-0.1, -0.05) is 11.6 Å². The van der Waals surface area contributed by atoms with E-state index >= 15 is 0 Å². The highest BCUT2D eigenvalue weighted by Crippen LogP contribution is 2.26. The van der Waals surface area contributed by atoms with Crippen LogP contribution in [-0.4, -0.2) is 38.6 Å². The summed E-state index contributed by atoms with van der Waals surface area (Å²) in [6, 6.07) is 5.84. The number of ether oxygens (including phenoxy) is 3. The second-order valence-corrected chi connectivity index (χ2v) is 4.52. The van der Waals surface area contributed by atoms with Gasteiger partial charge in [0.1, 0.15) is 5.75 Å². The first-order valence-corrected chi connectivity index (χ1v) is 6.63. The molecule has 0 amide bonds. The Labute approximate surface area is 115 Å². The van der Waals surface area contributed by atoms with Gasteiger partial charge in [-0.2, -0.15) is 0 Å². The normalized spacial score (nSPS) is 12.4. The number of hydrogen-bond donors (Lipinski definition) is 1. The van der Waals surface area contributed by atoms with Crippen LogP contribution >= 0.6 is 0 Å². The third kappa shape index (κ3) is 6.05. The Hall–Kier alpha value is -1.10. The average molecular weight is 268 g/mol. The minimum atomic E-state index is -0.521. The molecule has 1 aromatic rings. The first kappa shape index (κ1) is 16.0. The first-order chi connectivity index (χ1) is 9.15. The van der Waals surface area contributed by atoms with E-state index in [1.165, 1.54) is 0 Å². The summed E-state index contributed by atoms with van der Waals surface area (Å²) < 4.78 is 15.9. The van der Waals surface area contributed by atoms with Crippen molar-refractivity contribution in [2.45, 2.75) is 26.4 Å². The van der Waals surface area contributed by atoms with Crippen LogP contribution in [0, 0.1) is 6.92 Å². The lowest BCUT2D eigenvalue weighted by molar-refractivity contribution is 0.0642. The Bertz CT molecular complexity index is 363. The number of hydrogen-bond acceptors (Lipinski definition) is 4. The van der Waals surface area contributed by atoms with Crippen molar-refractivity contribution in [2.24, 2.45) is 0 Å². The van der Waals surface area contributed by atoms with Crippen molar-refractivity contribution in [3.8, 4) is 5.75 Å². The minimum Gasteiger partial charge on any atom is -0.493 e. The number of aryl methyl sites for hydroxylation is 1. The zero-order valence-corrected chi connectivity index (χ0v) is 12.0. The second-order valence-electron chi connectivity index (χ2n) is 4.52. The van der Waals surface area contributed by atoms with Gasteiger partial charge in [-0.25, -0.2) is 0 Å². The van der Waals surface area contributed by atoms with Gasteiger partial charge in [-0.15, -0.1) is 0 Å². The maximum Gasteiger partial charge on any atom is 0.125 e. The highest BCUT2D eigenvalue weighted by Gasteiger charge is 2.09. The SMILES string of the molecule is COCCOCCCOc1ccc(C)cc1C(C)O. The van der Waals surface area contributed by atoms with Crippen LogP contribution in [-0.2, 0) is 9.47 Å². The summed E-state index contributed by atoms with van der Waals surface area (Å²) in [4.78, 5) is 0. The minimum absolute atomic E-state index is 0.521. The number of methoxy groups -OCH3 is 1. The Morgan fingerprint density at radius 1 is 1.16 bits per heavy atom. The van der Waals surface area contributed by atoms with Crippen LogP contribution in [0.4, 0.5) is 0 Å². The Morgan fingerprint density at radius 2 is 1.95 bits per heavy atom. The van der Waals surface area contributed by atoms with Crippen LogP contribution in [0.25, 0.3) is 0 Å². The molecule has 0 saturated heterocycles. The zero-order valence-electron chi connectivity index (χ0n) is 12.0. The third-order valence-electron chi connectivity index (χ3n) is 2.74. The standard InChI is InChI=1S/C15H24O4/c1-12-5-6-15(14(11-12)13(2)16)19-8-4-7-18-10-9-17-3/h5-6,11,13,16H,4,7-10H2,1-3H3. The molecule has 0 aliphatic rings. The van der Waals surface area contributed by atoms with Crippen molar-refractivity contribution in [3.63, 3.8) is 0 Å². The lowest BCUT2D eigenvalue weighted by Crippen LogP contribution is -2.08. The molecule has 1 N–H and O–H groups in total. The Kier molecular flexibility index (Phi) is 7.48. The highest BCUT2D eigenvalue weighted by molar-refractivity contribution is 5.38. The molecule has 1 atom stereocenters. The van der Waals surface area contributed by atoms with Crippen molar-refractivity contribution < 1.29 is 19.3 Å². The van der Waals surface area contributed by atoms with Crippen molar-refractivity contribution >= 4 is 0 Å². The molecule has 0 aromatic heterocycles. The summed E-state index contributed by atoms with van der Waals surface area (Å²) in [6.45, 7) is 6.20. The van der Waals surface area contributed by atoms with Gasteiger partial charge in [0.15, 0.2) is 0 Å². The molecule has 0 aliphatic heterocycles. The number of aliphatic hydroxyl groups excluding tert-OH is 1. The topological polar surface area (TPSA) is 47.9 Å². The van der Waals surface area contributed by atoms with E-state index in [4.69, 9.17) is 14.2 Å². The smallest absolute Gasteiger partial charge is 0.125 e. The van der Waals surface area contributed by atoms with E-state index in [9.17, 15) is 5.11 Å². The van der Waals surface area contributed by atoms with Gasteiger partial charge in [0.25, 0.3) is 0 Å². The third-order valence-corrected chi connectivity index (χ3v) is 2.74. The van der Waals surface area contributed by atoms with E-state index in [1.807, 2.05) is 25.1 Å². The fourth-order valence-corrected chi connectivity index (χ4v) is 1.71. The molecule has 0 radical (unpaired) electrons. The molecular formula is C15H24O4. The number of aliphatic hydroxyl groups is 1. The maximum atomic E-state index is 9.71. The van der Waals surface area contributed by atoms with Crippen LogP contribution < -0.4 is 4.74 Å². The summed E-state index contributed by atoms with van der Waals surface area (Å²) in [5.41, 5.74) is 1.95. The molecule has 19 heavy (non-hydrogen) atoms. The van der Waals surface area contributed by atoms with Gasteiger partial charge in [0.05, 0.1) is 25.9 Å². The predicted molar refractivity (Wildman–Crippen MR) is 74.6 cm³/mol. The molecule has 0 saturated carbocycles. The van der Waals surface area contributed by atoms with E-state index < -0.39 is 6.10 Å². The summed E-state index contributed by atoms with van der Waals surface area (Å²) in [5, 5.41) is 9.71. The summed E-state index contributed by atoms with van der Waals surface area (Å²) >= 11 is 0. The molecular weight excluding hydrogens is 244 g/mol. The summed E-state index contributed by atoms with van der Waals surface area (Å²) in [6.07, 6.45) is 0.296. The summed E-state index contributed by atoms with van der Waals surface area (Å²) in [7, 11) is 1.65. The van der Waals surface area contributed by atoms with E-state index in [0.717, 1.165) is 23.3 Å². The first-order valence-electron chi connectivity index (χ1n) is 6.63. The monoisotopic (exact) mass is 268 g/mol. The van der Waals surface area contributed by atoms with E-state index in [-0.39, 0.29) is 0 Å². The Morgan fingerprint density at radius 3 is 2.63 bits per heavy atom. The van der Waals surface area contributed by atoms with E-state index in [0.29, 0.717) is 26.4 Å². The molecule has 0 bridgehead atoms. The van der Waals surface area contributed by atoms with Gasteiger partial charge < -0.3 is 19.3 Å². The fourth-order valence-electron chi connectivity index (χ4n) is 1.71. The van der Waals surface area contributed by atoms with Gasteiger partial charge in [0.2, 0.25) is 0 Å². The molecule has 0 fully saturated rings. The second kappa shape index (κ2) is 8.91. The Balaban J connectivity index is 2.33. The van der Waals surface area contributed by atoms with E-state index in [1.54, 1.807) is 14.0 Å². The molecule has 4 nitrogen and oxygen atoms in total. The van der Waals surface area contributed by atoms with Crippen LogP contribution in [0.15, 0.2) is 18.2 Å². The maximum absolute atomic E-state index is 9.71. The van der Waals surface area contributed by atoms with Gasteiger partial charge in [-0.3, -0.25) is 0 Å². The molecule has 0 heterocycles. The molecule has 1 rings (SSSR count). The predicted octanol–water partition coefficient (Wildman–Crippen LogP) is 2.48. The number of benzene rings is 1. The summed E-state index contributed by atoms with van der Waals surface area (Å²) in [5.74, 6) is 0.748. The molecule has 108 valence electrons. The van der Waals surface area contributed by atoms with Crippen molar-refractivity contribution in [1.29, 1.82) is 0 Å².